The monoisotopic (exact) mass is 369 g/mol. The number of halogens is 1. The number of hydrogen-bond acceptors (Lipinski definition) is 5. The number of benzene rings is 1. The second-order valence-corrected chi connectivity index (χ2v) is 7.08. The minimum Gasteiger partial charge on any atom is -0.496 e. The van der Waals surface area contributed by atoms with E-state index in [9.17, 15) is 9.59 Å². The summed E-state index contributed by atoms with van der Waals surface area (Å²) >= 11 is 7.56. The van der Waals surface area contributed by atoms with Crippen LogP contribution in [-0.2, 0) is 14.3 Å². The van der Waals surface area contributed by atoms with Crippen LogP contribution >= 0.6 is 23.4 Å². The number of amides is 1. The lowest BCUT2D eigenvalue weighted by molar-refractivity contribution is -0.114. The van der Waals surface area contributed by atoms with Gasteiger partial charge in [0.25, 0.3) is 5.91 Å². The summed E-state index contributed by atoms with van der Waals surface area (Å²) in [5.41, 5.74) is 0.798. The van der Waals surface area contributed by atoms with Gasteiger partial charge in [-0.3, -0.25) is 4.79 Å². The molecule has 1 amide bonds. The fourth-order valence-electron chi connectivity index (χ4n) is 2.14. The second-order valence-electron chi connectivity index (χ2n) is 5.56. The van der Waals surface area contributed by atoms with Crippen LogP contribution in [0.25, 0.3) is 0 Å². The summed E-state index contributed by atoms with van der Waals surface area (Å²) in [7, 11) is 1.65. The first-order valence-corrected chi connectivity index (χ1v) is 8.92. The van der Waals surface area contributed by atoms with Crippen LogP contribution in [0.1, 0.15) is 31.1 Å². The van der Waals surface area contributed by atoms with Crippen LogP contribution in [0, 0.1) is 0 Å². The summed E-state index contributed by atoms with van der Waals surface area (Å²) in [4.78, 5) is 26.9. The third kappa shape index (κ3) is 4.24. The number of carbonyl (C=O) groups is 2. The van der Waals surface area contributed by atoms with Crippen LogP contribution in [0.5, 0.6) is 0 Å². The Bertz CT molecular complexity index is 687. The number of nitrogens with zero attached hydrogens (tertiary/aromatic N) is 1. The van der Waals surface area contributed by atoms with Gasteiger partial charge in [-0.1, -0.05) is 11.6 Å². The first-order chi connectivity index (χ1) is 11.3. The Hall–Kier alpha value is -1.66. The van der Waals surface area contributed by atoms with E-state index in [1.54, 1.807) is 46.0 Å². The van der Waals surface area contributed by atoms with Gasteiger partial charge in [-0.15, -0.1) is 11.8 Å². The number of thioether (sulfide) groups is 1. The van der Waals surface area contributed by atoms with Crippen LogP contribution in [0.2, 0.25) is 5.02 Å². The van der Waals surface area contributed by atoms with E-state index in [0.717, 1.165) is 5.75 Å². The van der Waals surface area contributed by atoms with Gasteiger partial charge in [0.05, 0.1) is 23.3 Å². The molecule has 1 heterocycles. The van der Waals surface area contributed by atoms with E-state index in [0.29, 0.717) is 23.0 Å². The smallest absolute Gasteiger partial charge is 0.339 e. The Morgan fingerprint density at radius 2 is 2.08 bits per heavy atom. The van der Waals surface area contributed by atoms with Gasteiger partial charge < -0.3 is 14.4 Å². The zero-order valence-corrected chi connectivity index (χ0v) is 15.7. The quantitative estimate of drug-likeness (QED) is 0.754. The minimum absolute atomic E-state index is 0.178. The fourth-order valence-corrected chi connectivity index (χ4v) is 3.23. The molecule has 1 aromatic carbocycles. The summed E-state index contributed by atoms with van der Waals surface area (Å²) in [6.45, 7) is 5.91. The molecular weight excluding hydrogens is 350 g/mol. The average molecular weight is 370 g/mol. The Morgan fingerprint density at radius 3 is 2.71 bits per heavy atom. The molecule has 0 atom stereocenters. The predicted octanol–water partition coefficient (Wildman–Crippen LogP) is 3.86. The summed E-state index contributed by atoms with van der Waals surface area (Å²) in [6, 6.07) is 4.84. The van der Waals surface area contributed by atoms with E-state index >= 15 is 0 Å². The number of rotatable bonds is 4. The van der Waals surface area contributed by atoms with E-state index in [2.05, 4.69) is 0 Å². The van der Waals surface area contributed by atoms with Gasteiger partial charge in [0, 0.05) is 18.5 Å². The van der Waals surface area contributed by atoms with Crippen molar-refractivity contribution < 1.29 is 19.1 Å². The van der Waals surface area contributed by atoms with Crippen LogP contribution in [0.15, 0.2) is 28.9 Å². The SMILES string of the molecule is CC1=C(C(=O)N(C)c2ccc(Cl)c(C(=O)OC(C)C)c2)SCCO1. The van der Waals surface area contributed by atoms with Crippen LogP contribution in [0.4, 0.5) is 5.69 Å². The lowest BCUT2D eigenvalue weighted by atomic mass is 10.2. The van der Waals surface area contributed by atoms with Crippen LogP contribution in [0.3, 0.4) is 0 Å². The number of ether oxygens (including phenoxy) is 2. The highest BCUT2D eigenvalue weighted by atomic mass is 35.5. The van der Waals surface area contributed by atoms with Crippen molar-refractivity contribution in [2.75, 3.05) is 24.3 Å². The highest BCUT2D eigenvalue weighted by molar-refractivity contribution is 8.04. The maximum Gasteiger partial charge on any atom is 0.339 e. The third-order valence-electron chi connectivity index (χ3n) is 3.37. The maximum absolute atomic E-state index is 12.7. The molecule has 0 saturated heterocycles. The van der Waals surface area contributed by atoms with Crippen LogP contribution in [-0.4, -0.2) is 37.4 Å². The first-order valence-electron chi connectivity index (χ1n) is 7.56. The Kier molecular flexibility index (Phi) is 6.18. The zero-order valence-electron chi connectivity index (χ0n) is 14.1. The molecule has 0 N–H and O–H groups in total. The molecule has 0 spiro atoms. The van der Waals surface area contributed by atoms with Crippen LogP contribution < -0.4 is 4.90 Å². The molecule has 0 unspecified atom stereocenters. The Balaban J connectivity index is 2.28. The summed E-state index contributed by atoms with van der Waals surface area (Å²) in [5.74, 6) is 0.668. The highest BCUT2D eigenvalue weighted by Crippen LogP contribution is 2.30. The Labute approximate surface area is 150 Å². The third-order valence-corrected chi connectivity index (χ3v) is 4.82. The van der Waals surface area contributed by atoms with Crippen molar-refractivity contribution in [2.24, 2.45) is 0 Å². The maximum atomic E-state index is 12.7. The van der Waals surface area contributed by atoms with E-state index in [1.165, 1.54) is 16.7 Å². The molecule has 0 aromatic heterocycles. The number of carbonyl (C=O) groups excluding carboxylic acids is 2. The van der Waals surface area contributed by atoms with E-state index in [4.69, 9.17) is 21.1 Å². The lowest BCUT2D eigenvalue weighted by Crippen LogP contribution is -2.29. The van der Waals surface area contributed by atoms with Gasteiger partial charge in [0.15, 0.2) is 0 Å². The molecule has 0 bridgehead atoms. The van der Waals surface area contributed by atoms with Gasteiger partial charge in [-0.05, 0) is 39.0 Å². The van der Waals surface area contributed by atoms with E-state index in [-0.39, 0.29) is 22.6 Å². The largest absolute Gasteiger partial charge is 0.496 e. The number of allylic oxidation sites excluding steroid dienone is 1. The first kappa shape index (κ1) is 18.7. The van der Waals surface area contributed by atoms with Crippen molar-refractivity contribution in [3.05, 3.63) is 39.4 Å². The van der Waals surface area contributed by atoms with E-state index < -0.39 is 5.97 Å². The molecule has 1 aromatic rings. The zero-order chi connectivity index (χ0) is 17.9. The second kappa shape index (κ2) is 7.94. The number of anilines is 1. The van der Waals surface area contributed by atoms with E-state index in [1.807, 2.05) is 0 Å². The number of esters is 1. The van der Waals surface area contributed by atoms with Crippen molar-refractivity contribution in [1.29, 1.82) is 0 Å². The molecule has 130 valence electrons. The molecule has 2 rings (SSSR count). The number of hydrogen-bond donors (Lipinski definition) is 0. The standard InChI is InChI=1S/C17H20ClNO4S/c1-10(2)23-17(21)13-9-12(5-6-14(13)18)19(4)16(20)15-11(3)22-7-8-24-15/h5-6,9-10H,7-8H2,1-4H3. The molecule has 0 saturated carbocycles. The molecule has 1 aliphatic heterocycles. The van der Waals surface area contributed by atoms with Crippen molar-refractivity contribution in [1.82, 2.24) is 0 Å². The van der Waals surface area contributed by atoms with Crippen molar-refractivity contribution in [2.45, 2.75) is 26.9 Å². The molecule has 1 aliphatic rings. The average Bonchev–Trinajstić information content (AvgIpc) is 2.53. The molecular formula is C17H20ClNO4S. The predicted molar refractivity (Wildman–Crippen MR) is 96.5 cm³/mol. The summed E-state index contributed by atoms with van der Waals surface area (Å²) in [5, 5.41) is 0.288. The fraction of sp³-hybridized carbons (Fsp3) is 0.412. The van der Waals surface area contributed by atoms with Gasteiger partial charge in [0.1, 0.15) is 10.7 Å². The molecule has 5 nitrogen and oxygen atoms in total. The molecule has 7 heteroatoms. The van der Waals surface area contributed by atoms with Gasteiger partial charge in [-0.2, -0.15) is 0 Å². The van der Waals surface area contributed by atoms with Crippen molar-refractivity contribution in [3.63, 3.8) is 0 Å². The van der Waals surface area contributed by atoms with Crippen molar-refractivity contribution in [3.8, 4) is 0 Å². The molecule has 0 aliphatic carbocycles. The van der Waals surface area contributed by atoms with Gasteiger partial charge >= 0.3 is 5.97 Å². The van der Waals surface area contributed by atoms with Gasteiger partial charge in [0.2, 0.25) is 0 Å². The highest BCUT2D eigenvalue weighted by Gasteiger charge is 2.24. The van der Waals surface area contributed by atoms with Gasteiger partial charge in [-0.25, -0.2) is 4.79 Å². The van der Waals surface area contributed by atoms with Crippen molar-refractivity contribution >= 4 is 40.9 Å². The minimum atomic E-state index is -0.511. The summed E-state index contributed by atoms with van der Waals surface area (Å²) < 4.78 is 10.6. The lowest BCUT2D eigenvalue weighted by Gasteiger charge is -2.23. The Morgan fingerprint density at radius 1 is 1.38 bits per heavy atom. The summed E-state index contributed by atoms with van der Waals surface area (Å²) in [6.07, 6.45) is -0.250. The molecule has 0 radical (unpaired) electrons. The molecule has 0 fully saturated rings. The topological polar surface area (TPSA) is 55.8 Å². The molecule has 24 heavy (non-hydrogen) atoms. The normalized spacial score (nSPS) is 14.4. The number of likely N-dealkylation sites (N-methyl/N-ethyl adjacent to an activating group) is 1.